The molecule has 0 fully saturated rings. The first-order valence-electron chi connectivity index (χ1n) is 10.7. The zero-order valence-corrected chi connectivity index (χ0v) is 19.8. The molecule has 1 N–H and O–H groups in total. The van der Waals surface area contributed by atoms with Gasteiger partial charge in [-0.2, -0.15) is 0 Å². The molecule has 0 aliphatic carbocycles. The molecule has 0 unspecified atom stereocenters. The van der Waals surface area contributed by atoms with Crippen LogP contribution >= 0.6 is 11.8 Å². The summed E-state index contributed by atoms with van der Waals surface area (Å²) in [6.45, 7) is 0.685. The summed E-state index contributed by atoms with van der Waals surface area (Å²) in [5, 5.41) is 12.4. The summed E-state index contributed by atoms with van der Waals surface area (Å²) in [5.74, 6) is 1.94. The Labute approximate surface area is 202 Å². The highest BCUT2D eigenvalue weighted by Gasteiger charge is 2.17. The van der Waals surface area contributed by atoms with Crippen molar-refractivity contribution in [3.63, 3.8) is 0 Å². The highest BCUT2D eigenvalue weighted by atomic mass is 32.2. The van der Waals surface area contributed by atoms with E-state index < -0.39 is 0 Å². The van der Waals surface area contributed by atoms with Gasteiger partial charge in [-0.05, 0) is 36.2 Å². The van der Waals surface area contributed by atoms with Crippen molar-refractivity contribution in [2.75, 3.05) is 25.3 Å². The molecule has 0 aliphatic heterocycles. The number of nitrogens with one attached hydrogen (secondary N) is 1. The van der Waals surface area contributed by atoms with Crippen LogP contribution in [0.25, 0.3) is 11.4 Å². The molecule has 0 saturated carbocycles. The number of pyridine rings is 1. The first-order valence-corrected chi connectivity index (χ1v) is 11.7. The number of nitrogens with zero attached hydrogens (tertiary/aromatic N) is 4. The van der Waals surface area contributed by atoms with E-state index in [-0.39, 0.29) is 11.7 Å². The van der Waals surface area contributed by atoms with E-state index in [0.29, 0.717) is 28.9 Å². The summed E-state index contributed by atoms with van der Waals surface area (Å²) < 4.78 is 12.6. The maximum atomic E-state index is 12.7. The number of hydrogen-bond acceptors (Lipinski definition) is 7. The average Bonchev–Trinajstić information content (AvgIpc) is 3.30. The molecule has 0 spiro atoms. The van der Waals surface area contributed by atoms with Crippen LogP contribution in [0.15, 0.2) is 78.2 Å². The molecule has 4 aromatic rings. The monoisotopic (exact) mass is 475 g/mol. The third-order valence-corrected chi connectivity index (χ3v) is 6.10. The topological polar surface area (TPSA) is 91.2 Å². The maximum absolute atomic E-state index is 12.7. The third-order valence-electron chi connectivity index (χ3n) is 5.14. The Morgan fingerprint density at radius 1 is 1.00 bits per heavy atom. The van der Waals surface area contributed by atoms with Crippen molar-refractivity contribution in [3.8, 4) is 22.9 Å². The Morgan fingerprint density at radius 2 is 1.79 bits per heavy atom. The number of aryl methyl sites for hydroxylation is 1. The summed E-state index contributed by atoms with van der Waals surface area (Å²) >= 11 is 1.34. The Hall–Kier alpha value is -3.85. The minimum absolute atomic E-state index is 0.170. The van der Waals surface area contributed by atoms with Gasteiger partial charge in [0, 0.05) is 30.6 Å². The fourth-order valence-corrected chi connectivity index (χ4v) is 4.18. The van der Waals surface area contributed by atoms with Gasteiger partial charge < -0.3 is 19.4 Å². The van der Waals surface area contributed by atoms with E-state index in [1.54, 1.807) is 44.8 Å². The highest BCUT2D eigenvalue weighted by molar-refractivity contribution is 7.99. The van der Waals surface area contributed by atoms with E-state index in [4.69, 9.17) is 9.47 Å². The highest BCUT2D eigenvalue weighted by Crippen LogP contribution is 2.30. The van der Waals surface area contributed by atoms with Crippen molar-refractivity contribution in [1.29, 1.82) is 0 Å². The quantitative estimate of drug-likeness (QED) is 0.341. The second kappa shape index (κ2) is 11.3. The number of thioether (sulfide) groups is 1. The van der Waals surface area contributed by atoms with Crippen molar-refractivity contribution in [2.24, 2.45) is 0 Å². The molecule has 174 valence electrons. The molecule has 0 radical (unpaired) electrons. The van der Waals surface area contributed by atoms with Crippen LogP contribution in [0.5, 0.6) is 11.5 Å². The van der Waals surface area contributed by atoms with Gasteiger partial charge in [-0.25, -0.2) is 0 Å². The molecule has 0 aliphatic rings. The lowest BCUT2D eigenvalue weighted by Gasteiger charge is -2.12. The Balaban J connectivity index is 1.49. The van der Waals surface area contributed by atoms with Gasteiger partial charge in [-0.15, -0.1) is 10.2 Å². The molecule has 0 atom stereocenters. The van der Waals surface area contributed by atoms with Crippen LogP contribution in [-0.4, -0.2) is 45.6 Å². The van der Waals surface area contributed by atoms with Gasteiger partial charge in [-0.3, -0.25) is 9.78 Å². The summed E-state index contributed by atoms with van der Waals surface area (Å²) in [6, 6.07) is 19.3. The Morgan fingerprint density at radius 3 is 2.53 bits per heavy atom. The van der Waals surface area contributed by atoms with E-state index in [1.807, 2.05) is 34.9 Å². The van der Waals surface area contributed by atoms with Gasteiger partial charge >= 0.3 is 0 Å². The van der Waals surface area contributed by atoms with Gasteiger partial charge in [0.1, 0.15) is 11.5 Å². The number of benzene rings is 2. The summed E-state index contributed by atoms with van der Waals surface area (Å²) in [6.07, 6.45) is 4.28. The maximum Gasteiger partial charge on any atom is 0.234 e. The molecule has 0 bridgehead atoms. The number of methoxy groups -OCH3 is 2. The first kappa shape index (κ1) is 23.3. The molecule has 9 heteroatoms. The zero-order valence-electron chi connectivity index (χ0n) is 19.0. The van der Waals surface area contributed by atoms with Crippen LogP contribution < -0.4 is 14.8 Å². The van der Waals surface area contributed by atoms with Gasteiger partial charge in [0.05, 0.1) is 25.7 Å². The van der Waals surface area contributed by atoms with E-state index in [1.165, 1.54) is 17.3 Å². The smallest absolute Gasteiger partial charge is 0.234 e. The second-order valence-corrected chi connectivity index (χ2v) is 8.27. The van der Waals surface area contributed by atoms with Gasteiger partial charge in [-0.1, -0.05) is 42.1 Å². The number of carbonyl (C=O) groups is 1. The summed E-state index contributed by atoms with van der Waals surface area (Å²) in [5.41, 5.74) is 2.73. The average molecular weight is 476 g/mol. The largest absolute Gasteiger partial charge is 0.497 e. The minimum Gasteiger partial charge on any atom is -0.497 e. The fraction of sp³-hybridized carbons (Fsp3) is 0.200. The SMILES string of the molecule is COc1ccc(NC(=O)CSc2nnc(-c3ccncc3)n2CCc2ccccc2)c(OC)c1. The summed E-state index contributed by atoms with van der Waals surface area (Å²) in [4.78, 5) is 16.8. The molecular weight excluding hydrogens is 450 g/mol. The molecule has 2 aromatic carbocycles. The van der Waals surface area contributed by atoms with Crippen LogP contribution in [0, 0.1) is 0 Å². The fourth-order valence-electron chi connectivity index (χ4n) is 3.42. The Kier molecular flexibility index (Phi) is 7.77. The molecule has 8 nitrogen and oxygen atoms in total. The number of rotatable bonds is 10. The number of carbonyl (C=O) groups excluding carboxylic acids is 1. The third kappa shape index (κ3) is 5.74. The number of anilines is 1. The predicted octanol–water partition coefficient (Wildman–Crippen LogP) is 4.33. The predicted molar refractivity (Wildman–Crippen MR) is 132 cm³/mol. The van der Waals surface area contributed by atoms with Crippen molar-refractivity contribution in [3.05, 3.63) is 78.6 Å². The number of ether oxygens (including phenoxy) is 2. The molecule has 34 heavy (non-hydrogen) atoms. The second-order valence-electron chi connectivity index (χ2n) is 7.33. The van der Waals surface area contributed by atoms with Crippen LogP contribution in [0.4, 0.5) is 5.69 Å². The Bertz CT molecular complexity index is 1230. The van der Waals surface area contributed by atoms with E-state index in [0.717, 1.165) is 17.8 Å². The molecule has 4 rings (SSSR count). The molecule has 0 saturated heterocycles. The number of amides is 1. The lowest BCUT2D eigenvalue weighted by atomic mass is 10.1. The van der Waals surface area contributed by atoms with Crippen molar-refractivity contribution >= 4 is 23.4 Å². The van der Waals surface area contributed by atoms with E-state index in [2.05, 4.69) is 32.6 Å². The molecular formula is C25H25N5O3S. The molecule has 2 aromatic heterocycles. The zero-order chi connectivity index (χ0) is 23.8. The number of aromatic nitrogens is 4. The van der Waals surface area contributed by atoms with Crippen LogP contribution in [0.3, 0.4) is 0 Å². The van der Waals surface area contributed by atoms with Gasteiger partial charge in [0.2, 0.25) is 5.91 Å². The van der Waals surface area contributed by atoms with Crippen LogP contribution in [0.2, 0.25) is 0 Å². The first-order chi connectivity index (χ1) is 16.7. The van der Waals surface area contributed by atoms with E-state index in [9.17, 15) is 4.79 Å². The number of hydrogen-bond donors (Lipinski definition) is 1. The minimum atomic E-state index is -0.170. The van der Waals surface area contributed by atoms with Crippen molar-refractivity contribution < 1.29 is 14.3 Å². The molecule has 1 amide bonds. The van der Waals surface area contributed by atoms with E-state index >= 15 is 0 Å². The van der Waals surface area contributed by atoms with Crippen molar-refractivity contribution in [1.82, 2.24) is 19.7 Å². The normalized spacial score (nSPS) is 10.6. The lowest BCUT2D eigenvalue weighted by Crippen LogP contribution is -2.15. The summed E-state index contributed by atoms with van der Waals surface area (Å²) in [7, 11) is 3.13. The molecule has 2 heterocycles. The van der Waals surface area contributed by atoms with Gasteiger partial charge in [0.15, 0.2) is 11.0 Å². The van der Waals surface area contributed by atoms with Crippen molar-refractivity contribution in [2.45, 2.75) is 18.1 Å². The van der Waals surface area contributed by atoms with Crippen LogP contribution in [0.1, 0.15) is 5.56 Å². The standard InChI is InChI=1S/C25H25N5O3S/c1-32-20-8-9-21(22(16-20)33-2)27-23(31)17-34-25-29-28-24(19-10-13-26-14-11-19)30(25)15-12-18-6-4-3-5-7-18/h3-11,13-14,16H,12,15,17H2,1-2H3,(H,27,31). The van der Waals surface area contributed by atoms with Crippen LogP contribution in [-0.2, 0) is 17.8 Å². The lowest BCUT2D eigenvalue weighted by molar-refractivity contribution is -0.113. The van der Waals surface area contributed by atoms with Gasteiger partial charge in [0.25, 0.3) is 0 Å².